The molecule has 6 nitrogen and oxygen atoms in total. The van der Waals surface area contributed by atoms with Gasteiger partial charge in [-0.15, -0.1) is 0 Å². The SMILES string of the molecule is Cc1ccc(C(O)=C2C(=O)C(=O)N(Cc3ccco3)C2c2cccc(OCc3ccccc3)c2)cc1. The Kier molecular flexibility index (Phi) is 6.41. The van der Waals surface area contributed by atoms with Crippen molar-refractivity contribution in [3.05, 3.63) is 131 Å². The third kappa shape index (κ3) is 4.66. The highest BCUT2D eigenvalue weighted by Gasteiger charge is 2.46. The first kappa shape index (κ1) is 23.2. The van der Waals surface area contributed by atoms with Crippen LogP contribution in [0.25, 0.3) is 5.76 Å². The summed E-state index contributed by atoms with van der Waals surface area (Å²) in [4.78, 5) is 27.8. The summed E-state index contributed by atoms with van der Waals surface area (Å²) in [5, 5.41) is 11.2. The third-order valence-corrected chi connectivity index (χ3v) is 6.19. The van der Waals surface area contributed by atoms with Gasteiger partial charge in [0.2, 0.25) is 0 Å². The molecule has 0 spiro atoms. The largest absolute Gasteiger partial charge is 0.507 e. The second-order valence-corrected chi connectivity index (χ2v) is 8.72. The first-order valence-corrected chi connectivity index (χ1v) is 11.7. The Balaban J connectivity index is 1.55. The summed E-state index contributed by atoms with van der Waals surface area (Å²) in [5.74, 6) is -0.513. The van der Waals surface area contributed by atoms with Gasteiger partial charge >= 0.3 is 0 Å². The van der Waals surface area contributed by atoms with E-state index in [2.05, 4.69) is 0 Å². The standard InChI is InChI=1S/C30H25NO5/c1-20-12-14-22(15-13-20)28(32)26-27(31(30(34)29(26)33)18-25-11-6-16-35-25)23-9-5-10-24(17-23)36-19-21-7-3-2-4-8-21/h2-17,27,32H,18-19H2,1H3. The maximum absolute atomic E-state index is 13.2. The number of ether oxygens (including phenoxy) is 1. The molecule has 1 saturated heterocycles. The van der Waals surface area contributed by atoms with E-state index in [1.54, 1.807) is 30.3 Å². The normalized spacial score (nSPS) is 16.9. The topological polar surface area (TPSA) is 80.0 Å². The van der Waals surface area contributed by atoms with Gasteiger partial charge in [0, 0.05) is 5.56 Å². The maximum Gasteiger partial charge on any atom is 0.296 e. The molecule has 1 aliphatic heterocycles. The van der Waals surface area contributed by atoms with E-state index < -0.39 is 17.7 Å². The van der Waals surface area contributed by atoms with E-state index in [1.165, 1.54) is 11.2 Å². The number of carbonyl (C=O) groups is 2. The number of ketones is 1. The number of nitrogens with zero attached hydrogens (tertiary/aromatic N) is 1. The van der Waals surface area contributed by atoms with E-state index in [4.69, 9.17) is 9.15 Å². The van der Waals surface area contributed by atoms with Crippen molar-refractivity contribution in [1.29, 1.82) is 0 Å². The summed E-state index contributed by atoms with van der Waals surface area (Å²) in [5.41, 5.74) is 3.20. The zero-order valence-electron chi connectivity index (χ0n) is 19.8. The molecule has 0 aliphatic carbocycles. The van der Waals surface area contributed by atoms with Crippen molar-refractivity contribution in [1.82, 2.24) is 4.90 Å². The zero-order valence-corrected chi connectivity index (χ0v) is 19.8. The van der Waals surface area contributed by atoms with Gasteiger partial charge in [-0.3, -0.25) is 9.59 Å². The molecule has 1 atom stereocenters. The molecule has 0 bridgehead atoms. The Bertz CT molecular complexity index is 1410. The van der Waals surface area contributed by atoms with Crippen LogP contribution in [0.15, 0.2) is 107 Å². The van der Waals surface area contributed by atoms with Crippen LogP contribution in [-0.4, -0.2) is 21.7 Å². The lowest BCUT2D eigenvalue weighted by molar-refractivity contribution is -0.140. The fourth-order valence-corrected chi connectivity index (χ4v) is 4.34. The minimum absolute atomic E-state index is 0.0376. The van der Waals surface area contributed by atoms with Crippen LogP contribution in [0.5, 0.6) is 5.75 Å². The van der Waals surface area contributed by atoms with Gasteiger partial charge in [-0.05, 0) is 42.3 Å². The van der Waals surface area contributed by atoms with Crippen molar-refractivity contribution in [2.45, 2.75) is 26.1 Å². The van der Waals surface area contributed by atoms with E-state index in [0.717, 1.165) is 11.1 Å². The number of carbonyl (C=O) groups excluding carboxylic acids is 2. The third-order valence-electron chi connectivity index (χ3n) is 6.19. The first-order valence-electron chi connectivity index (χ1n) is 11.7. The molecule has 0 radical (unpaired) electrons. The number of aliphatic hydroxyl groups is 1. The predicted molar refractivity (Wildman–Crippen MR) is 135 cm³/mol. The monoisotopic (exact) mass is 479 g/mol. The Morgan fingerprint density at radius 1 is 0.944 bits per heavy atom. The quantitative estimate of drug-likeness (QED) is 0.206. The number of benzene rings is 3. The minimum Gasteiger partial charge on any atom is -0.507 e. The number of likely N-dealkylation sites (tertiary alicyclic amines) is 1. The number of hydrogen-bond donors (Lipinski definition) is 1. The smallest absolute Gasteiger partial charge is 0.296 e. The maximum atomic E-state index is 13.2. The molecule has 0 saturated carbocycles. The lowest BCUT2D eigenvalue weighted by atomic mass is 9.95. The van der Waals surface area contributed by atoms with E-state index in [1.807, 2.05) is 67.6 Å². The molecule has 2 heterocycles. The average Bonchev–Trinajstić information content (AvgIpc) is 3.51. The molecule has 1 aromatic heterocycles. The van der Waals surface area contributed by atoms with Crippen molar-refractivity contribution in [2.24, 2.45) is 0 Å². The zero-order chi connectivity index (χ0) is 25.1. The Morgan fingerprint density at radius 2 is 1.72 bits per heavy atom. The van der Waals surface area contributed by atoms with Crippen LogP contribution in [0, 0.1) is 6.92 Å². The van der Waals surface area contributed by atoms with E-state index >= 15 is 0 Å². The molecule has 36 heavy (non-hydrogen) atoms. The molecule has 1 unspecified atom stereocenters. The van der Waals surface area contributed by atoms with Crippen molar-refractivity contribution in [3.63, 3.8) is 0 Å². The number of rotatable bonds is 7. The Morgan fingerprint density at radius 3 is 2.44 bits per heavy atom. The van der Waals surface area contributed by atoms with Crippen LogP contribution in [-0.2, 0) is 22.7 Å². The van der Waals surface area contributed by atoms with E-state index in [0.29, 0.717) is 29.2 Å². The molecule has 1 fully saturated rings. The molecule has 1 amide bonds. The number of aryl methyl sites for hydroxylation is 1. The minimum atomic E-state index is -0.809. The lowest BCUT2D eigenvalue weighted by Crippen LogP contribution is -2.29. The van der Waals surface area contributed by atoms with Gasteiger partial charge in [0.15, 0.2) is 0 Å². The van der Waals surface area contributed by atoms with Gasteiger partial charge in [-0.1, -0.05) is 72.3 Å². The van der Waals surface area contributed by atoms with Crippen molar-refractivity contribution in [3.8, 4) is 5.75 Å². The van der Waals surface area contributed by atoms with Gasteiger partial charge in [0.1, 0.15) is 23.9 Å². The fraction of sp³-hybridized carbons (Fsp3) is 0.133. The second-order valence-electron chi connectivity index (χ2n) is 8.72. The highest BCUT2D eigenvalue weighted by molar-refractivity contribution is 6.46. The summed E-state index contributed by atoms with van der Waals surface area (Å²) < 4.78 is 11.5. The van der Waals surface area contributed by atoms with Gasteiger partial charge in [0.25, 0.3) is 11.7 Å². The van der Waals surface area contributed by atoms with Crippen LogP contribution < -0.4 is 4.74 Å². The van der Waals surface area contributed by atoms with E-state index in [9.17, 15) is 14.7 Å². The number of furan rings is 1. The molecule has 180 valence electrons. The summed E-state index contributed by atoms with van der Waals surface area (Å²) in [6.07, 6.45) is 1.52. The Labute approximate surface area is 209 Å². The molecule has 3 aromatic carbocycles. The summed E-state index contributed by atoms with van der Waals surface area (Å²) >= 11 is 0. The molecule has 6 heteroatoms. The average molecular weight is 480 g/mol. The van der Waals surface area contributed by atoms with Crippen LogP contribution in [0.4, 0.5) is 0 Å². The fourth-order valence-electron chi connectivity index (χ4n) is 4.34. The van der Waals surface area contributed by atoms with Crippen LogP contribution in [0.1, 0.15) is 34.1 Å². The van der Waals surface area contributed by atoms with Gasteiger partial charge in [-0.25, -0.2) is 0 Å². The molecule has 4 aromatic rings. The highest BCUT2D eigenvalue weighted by Crippen LogP contribution is 2.41. The first-order chi connectivity index (χ1) is 17.5. The highest BCUT2D eigenvalue weighted by atomic mass is 16.5. The lowest BCUT2D eigenvalue weighted by Gasteiger charge is -2.25. The van der Waals surface area contributed by atoms with Crippen LogP contribution >= 0.6 is 0 Å². The summed E-state index contributed by atoms with van der Waals surface area (Å²) in [6.45, 7) is 2.40. The van der Waals surface area contributed by atoms with Gasteiger partial charge in [-0.2, -0.15) is 0 Å². The number of hydrogen-bond acceptors (Lipinski definition) is 5. The van der Waals surface area contributed by atoms with Crippen LogP contribution in [0.2, 0.25) is 0 Å². The van der Waals surface area contributed by atoms with Crippen molar-refractivity contribution >= 4 is 17.4 Å². The van der Waals surface area contributed by atoms with Gasteiger partial charge < -0.3 is 19.2 Å². The second kappa shape index (κ2) is 9.96. The number of aliphatic hydroxyl groups excluding tert-OH is 1. The van der Waals surface area contributed by atoms with Crippen molar-refractivity contribution in [2.75, 3.05) is 0 Å². The molecule has 5 rings (SSSR count). The summed E-state index contributed by atoms with van der Waals surface area (Å²) in [7, 11) is 0. The number of amides is 1. The van der Waals surface area contributed by atoms with Gasteiger partial charge in [0.05, 0.1) is 24.4 Å². The van der Waals surface area contributed by atoms with E-state index in [-0.39, 0.29) is 17.9 Å². The molecular formula is C30H25NO5. The molecular weight excluding hydrogens is 454 g/mol. The van der Waals surface area contributed by atoms with Crippen LogP contribution in [0.3, 0.4) is 0 Å². The number of Topliss-reactive ketones (excluding diaryl/α,β-unsaturated/α-hetero) is 1. The summed E-state index contributed by atoms with van der Waals surface area (Å²) in [6, 6.07) is 26.9. The molecule has 1 N–H and O–H groups in total. The molecule has 1 aliphatic rings. The Hall–Kier alpha value is -4.58. The predicted octanol–water partition coefficient (Wildman–Crippen LogP) is 5.79. The van der Waals surface area contributed by atoms with Crippen molar-refractivity contribution < 1.29 is 23.8 Å².